The zero-order chi connectivity index (χ0) is 15.5. The number of anilines is 1. The highest BCUT2D eigenvalue weighted by Gasteiger charge is 2.34. The molecule has 0 aliphatic rings. The van der Waals surface area contributed by atoms with Gasteiger partial charge in [-0.05, 0) is 12.3 Å². The maximum absolute atomic E-state index is 12.7. The fraction of sp³-hybridized carbons (Fsp3) is 0.538. The van der Waals surface area contributed by atoms with E-state index in [-0.39, 0.29) is 0 Å². The predicted molar refractivity (Wildman–Crippen MR) is 75.6 cm³/mol. The van der Waals surface area contributed by atoms with E-state index in [1.54, 1.807) is 0 Å². The lowest BCUT2D eigenvalue weighted by molar-refractivity contribution is -0.141. The van der Waals surface area contributed by atoms with Gasteiger partial charge in [-0.1, -0.05) is 13.3 Å². The Labute approximate surface area is 125 Å². The van der Waals surface area contributed by atoms with Crippen LogP contribution in [0.5, 0.6) is 0 Å². The Morgan fingerprint density at radius 2 is 2.19 bits per heavy atom. The number of alkyl halides is 4. The van der Waals surface area contributed by atoms with Crippen molar-refractivity contribution >= 4 is 22.9 Å². The molecular weight excluding hydrogens is 305 g/mol. The van der Waals surface area contributed by atoms with Gasteiger partial charge in [-0.3, -0.25) is 0 Å². The van der Waals surface area contributed by atoms with E-state index in [1.165, 1.54) is 16.9 Å². The maximum atomic E-state index is 12.7. The number of halogens is 4. The van der Waals surface area contributed by atoms with Crippen LogP contribution in [0.25, 0.3) is 5.52 Å². The molecule has 21 heavy (non-hydrogen) atoms. The van der Waals surface area contributed by atoms with Crippen molar-refractivity contribution in [2.75, 3.05) is 17.7 Å². The van der Waals surface area contributed by atoms with Crippen LogP contribution >= 0.6 is 11.6 Å². The standard InChI is InChI=1S/C13H16ClF3N4/c1-2-9(3-4-14)8-19-12-10-7-11(13(15,16)17)20-21(10)6-5-18-12/h5-7,9H,2-4,8H2,1H3,(H,18,19). The first-order valence-electron chi connectivity index (χ1n) is 6.67. The Hall–Kier alpha value is -1.50. The molecule has 116 valence electrons. The molecule has 2 aromatic rings. The summed E-state index contributed by atoms with van der Waals surface area (Å²) in [4.78, 5) is 4.10. The van der Waals surface area contributed by atoms with Crippen LogP contribution in [0.1, 0.15) is 25.5 Å². The average Bonchev–Trinajstić information content (AvgIpc) is 2.88. The van der Waals surface area contributed by atoms with Crippen molar-refractivity contribution < 1.29 is 13.2 Å². The molecule has 2 aromatic heterocycles. The van der Waals surface area contributed by atoms with E-state index in [0.29, 0.717) is 29.7 Å². The van der Waals surface area contributed by atoms with Gasteiger partial charge in [-0.15, -0.1) is 11.6 Å². The van der Waals surface area contributed by atoms with Crippen LogP contribution in [0.2, 0.25) is 0 Å². The number of rotatable bonds is 6. The van der Waals surface area contributed by atoms with E-state index in [2.05, 4.69) is 15.4 Å². The van der Waals surface area contributed by atoms with Gasteiger partial charge in [-0.2, -0.15) is 18.3 Å². The van der Waals surface area contributed by atoms with Gasteiger partial charge in [0.2, 0.25) is 0 Å². The van der Waals surface area contributed by atoms with E-state index in [4.69, 9.17) is 11.6 Å². The summed E-state index contributed by atoms with van der Waals surface area (Å²) in [5, 5.41) is 6.61. The Bertz CT molecular complexity index is 597. The SMILES string of the molecule is CCC(CCCl)CNc1nccn2nc(C(F)(F)F)cc12. The van der Waals surface area contributed by atoms with E-state index < -0.39 is 11.9 Å². The van der Waals surface area contributed by atoms with Crippen molar-refractivity contribution in [3.8, 4) is 0 Å². The molecule has 0 aromatic carbocycles. The topological polar surface area (TPSA) is 42.2 Å². The maximum Gasteiger partial charge on any atom is 0.435 e. The lowest BCUT2D eigenvalue weighted by Gasteiger charge is -2.14. The summed E-state index contributed by atoms with van der Waals surface area (Å²) >= 11 is 5.72. The minimum atomic E-state index is -4.46. The first kappa shape index (κ1) is 15.9. The van der Waals surface area contributed by atoms with E-state index in [9.17, 15) is 13.2 Å². The van der Waals surface area contributed by atoms with Crippen LogP contribution in [0.15, 0.2) is 18.5 Å². The van der Waals surface area contributed by atoms with Crippen LogP contribution in [-0.2, 0) is 6.18 Å². The molecule has 0 saturated carbocycles. The first-order chi connectivity index (χ1) is 9.95. The zero-order valence-corrected chi connectivity index (χ0v) is 12.2. The summed E-state index contributed by atoms with van der Waals surface area (Å²) in [5.41, 5.74) is -0.614. The fourth-order valence-electron chi connectivity index (χ4n) is 2.04. The van der Waals surface area contributed by atoms with E-state index >= 15 is 0 Å². The average molecular weight is 321 g/mol. The molecule has 0 spiro atoms. The predicted octanol–water partition coefficient (Wildman–Crippen LogP) is 3.82. The number of hydrogen-bond donors (Lipinski definition) is 1. The van der Waals surface area contributed by atoms with Gasteiger partial charge in [-0.25, -0.2) is 9.50 Å². The number of nitrogens with one attached hydrogen (secondary N) is 1. The highest BCUT2D eigenvalue weighted by Crippen LogP contribution is 2.30. The normalized spacial score (nSPS) is 13.6. The zero-order valence-electron chi connectivity index (χ0n) is 11.5. The molecule has 2 rings (SSSR count). The fourth-order valence-corrected chi connectivity index (χ4v) is 2.35. The van der Waals surface area contributed by atoms with Crippen molar-refractivity contribution in [2.24, 2.45) is 5.92 Å². The van der Waals surface area contributed by atoms with Crippen molar-refractivity contribution in [1.29, 1.82) is 0 Å². The van der Waals surface area contributed by atoms with E-state index in [1.807, 2.05) is 6.92 Å². The van der Waals surface area contributed by atoms with Gasteiger partial charge in [0.1, 0.15) is 5.52 Å². The number of aromatic nitrogens is 3. The molecular formula is C13H16ClF3N4. The Morgan fingerprint density at radius 3 is 2.81 bits per heavy atom. The molecule has 0 saturated heterocycles. The van der Waals surface area contributed by atoms with Gasteiger partial charge in [0, 0.05) is 30.9 Å². The van der Waals surface area contributed by atoms with Crippen LogP contribution in [0.4, 0.5) is 19.0 Å². The third-order valence-electron chi connectivity index (χ3n) is 3.33. The summed E-state index contributed by atoms with van der Waals surface area (Å²) in [6, 6.07) is 0.998. The molecule has 0 bridgehead atoms. The number of nitrogens with zero attached hydrogens (tertiary/aromatic N) is 3. The van der Waals surface area contributed by atoms with Gasteiger partial charge < -0.3 is 5.32 Å². The highest BCUT2D eigenvalue weighted by molar-refractivity contribution is 6.17. The van der Waals surface area contributed by atoms with Crippen LogP contribution in [0.3, 0.4) is 0 Å². The third kappa shape index (κ3) is 3.78. The molecule has 2 heterocycles. The summed E-state index contributed by atoms with van der Waals surface area (Å²) in [5.74, 6) is 1.31. The van der Waals surface area contributed by atoms with Gasteiger partial charge in [0.05, 0.1) is 0 Å². The van der Waals surface area contributed by atoms with Crippen molar-refractivity contribution in [3.63, 3.8) is 0 Å². The second kappa shape index (κ2) is 6.51. The minimum absolute atomic E-state index is 0.311. The second-order valence-corrected chi connectivity index (χ2v) is 5.14. The van der Waals surface area contributed by atoms with Crippen LogP contribution in [-0.4, -0.2) is 27.0 Å². The van der Waals surface area contributed by atoms with Crippen LogP contribution in [0, 0.1) is 5.92 Å². The van der Waals surface area contributed by atoms with Crippen molar-refractivity contribution in [2.45, 2.75) is 25.9 Å². The minimum Gasteiger partial charge on any atom is -0.368 e. The van der Waals surface area contributed by atoms with Crippen molar-refractivity contribution in [1.82, 2.24) is 14.6 Å². The molecule has 1 atom stereocenters. The molecule has 0 amide bonds. The number of hydrogen-bond acceptors (Lipinski definition) is 3. The number of fused-ring (bicyclic) bond motifs is 1. The molecule has 0 radical (unpaired) electrons. The smallest absolute Gasteiger partial charge is 0.368 e. The summed E-state index contributed by atoms with van der Waals surface area (Å²) in [6.07, 6.45) is 0.141. The van der Waals surface area contributed by atoms with Crippen molar-refractivity contribution in [3.05, 3.63) is 24.2 Å². The molecule has 1 N–H and O–H groups in total. The molecule has 8 heteroatoms. The molecule has 1 unspecified atom stereocenters. The Morgan fingerprint density at radius 1 is 1.43 bits per heavy atom. The summed E-state index contributed by atoms with van der Waals surface area (Å²) < 4.78 is 39.3. The highest BCUT2D eigenvalue weighted by atomic mass is 35.5. The molecule has 4 nitrogen and oxygen atoms in total. The molecule has 0 fully saturated rings. The molecule has 0 aliphatic carbocycles. The third-order valence-corrected chi connectivity index (χ3v) is 3.55. The summed E-state index contributed by atoms with van der Waals surface area (Å²) in [7, 11) is 0. The van der Waals surface area contributed by atoms with Gasteiger partial charge in [0.15, 0.2) is 11.5 Å². The lowest BCUT2D eigenvalue weighted by atomic mass is 10.0. The van der Waals surface area contributed by atoms with Gasteiger partial charge >= 0.3 is 6.18 Å². The monoisotopic (exact) mass is 320 g/mol. The Balaban J connectivity index is 2.22. The van der Waals surface area contributed by atoms with Gasteiger partial charge in [0.25, 0.3) is 0 Å². The quantitative estimate of drug-likeness (QED) is 0.823. The largest absolute Gasteiger partial charge is 0.435 e. The second-order valence-electron chi connectivity index (χ2n) is 4.77. The lowest BCUT2D eigenvalue weighted by Crippen LogP contribution is -2.15. The van der Waals surface area contributed by atoms with Crippen LogP contribution < -0.4 is 5.32 Å². The molecule has 0 aliphatic heterocycles. The van der Waals surface area contributed by atoms with E-state index in [0.717, 1.165) is 18.9 Å². The first-order valence-corrected chi connectivity index (χ1v) is 7.20. The summed E-state index contributed by atoms with van der Waals surface area (Å²) in [6.45, 7) is 2.66. The Kier molecular flexibility index (Phi) is 4.92.